The summed E-state index contributed by atoms with van der Waals surface area (Å²) in [6, 6.07) is 14.6. The van der Waals surface area contributed by atoms with Crippen LogP contribution in [0.25, 0.3) is 11.1 Å². The predicted molar refractivity (Wildman–Crippen MR) is 141 cm³/mol. The maximum Gasteiger partial charge on any atom is 0.224 e. The quantitative estimate of drug-likeness (QED) is 0.366. The van der Waals surface area contributed by atoms with Gasteiger partial charge in [-0.3, -0.25) is 4.79 Å². The van der Waals surface area contributed by atoms with Crippen LogP contribution < -0.4 is 15.2 Å². The average molecular weight is 559 g/mol. The van der Waals surface area contributed by atoms with Crippen LogP contribution in [0.1, 0.15) is 43.2 Å². The molecule has 0 aliphatic heterocycles. The monoisotopic (exact) mass is 558 g/mol. The van der Waals surface area contributed by atoms with E-state index in [9.17, 15) is 17.6 Å². The van der Waals surface area contributed by atoms with Gasteiger partial charge in [-0.15, -0.1) is 0 Å². The Bertz CT molecular complexity index is 1500. The van der Waals surface area contributed by atoms with Crippen LogP contribution in [0.4, 0.5) is 13.2 Å². The van der Waals surface area contributed by atoms with Crippen molar-refractivity contribution in [2.75, 3.05) is 0 Å². The fourth-order valence-corrected chi connectivity index (χ4v) is 6.92. The van der Waals surface area contributed by atoms with Gasteiger partial charge in [0.25, 0.3) is 0 Å². The zero-order valence-corrected chi connectivity index (χ0v) is 21.9. The number of para-hydroxylation sites is 1. The first kappa shape index (κ1) is 27.2. The van der Waals surface area contributed by atoms with E-state index in [1.807, 2.05) is 18.2 Å². The van der Waals surface area contributed by atoms with E-state index in [4.69, 9.17) is 10.5 Å². The zero-order chi connectivity index (χ0) is 27.8. The van der Waals surface area contributed by atoms with Crippen molar-refractivity contribution < 1.29 is 31.1 Å². The average Bonchev–Trinajstić information content (AvgIpc) is 3.68. The van der Waals surface area contributed by atoms with E-state index < -0.39 is 50.1 Å². The Morgan fingerprint density at radius 1 is 0.949 bits per heavy atom. The Labute approximate surface area is 225 Å². The summed E-state index contributed by atoms with van der Waals surface area (Å²) in [4.78, 5) is 12.6. The van der Waals surface area contributed by atoms with Gasteiger partial charge in [0, 0.05) is 23.2 Å². The number of nitrogens with two attached hydrogens (primary N) is 1. The highest BCUT2D eigenvalue weighted by Gasteiger charge is 2.47. The first-order chi connectivity index (χ1) is 18.6. The number of sulfonamides is 1. The van der Waals surface area contributed by atoms with Gasteiger partial charge < -0.3 is 10.5 Å². The molecule has 2 aliphatic rings. The third-order valence-electron chi connectivity index (χ3n) is 7.57. The van der Waals surface area contributed by atoms with Crippen LogP contribution in [0.5, 0.6) is 5.75 Å². The minimum atomic E-state index is -3.49. The Morgan fingerprint density at radius 3 is 2.38 bits per heavy atom. The third kappa shape index (κ3) is 5.81. The van der Waals surface area contributed by atoms with Gasteiger partial charge in [0.15, 0.2) is 11.6 Å². The number of benzene rings is 3. The van der Waals surface area contributed by atoms with Gasteiger partial charge in [-0.1, -0.05) is 42.5 Å². The van der Waals surface area contributed by atoms with Crippen LogP contribution in [0.3, 0.4) is 0 Å². The molecule has 3 aromatic rings. The second-order valence-corrected chi connectivity index (χ2v) is 12.4. The SMILES string of the molecule is NC(=O)[C@@]1(Cc2cc(-c3cccc(F)c3OCc3ccccc3)c(F)cc2F)CC[C@H](NS(=O)(=O)C2CC2)C1. The van der Waals surface area contributed by atoms with Crippen LogP contribution in [0, 0.1) is 22.9 Å². The molecule has 3 N–H and O–H groups in total. The predicted octanol–water partition coefficient (Wildman–Crippen LogP) is 5.00. The molecule has 0 spiro atoms. The Kier molecular flexibility index (Phi) is 7.43. The summed E-state index contributed by atoms with van der Waals surface area (Å²) in [5.41, 5.74) is 5.36. The van der Waals surface area contributed by atoms with E-state index in [1.54, 1.807) is 12.1 Å². The number of rotatable bonds is 10. The first-order valence-electron chi connectivity index (χ1n) is 12.8. The zero-order valence-electron chi connectivity index (χ0n) is 21.1. The first-order valence-corrected chi connectivity index (χ1v) is 14.4. The lowest BCUT2D eigenvalue weighted by Gasteiger charge is -2.26. The summed E-state index contributed by atoms with van der Waals surface area (Å²) >= 11 is 0. The minimum absolute atomic E-state index is 0.0224. The molecule has 2 fully saturated rings. The van der Waals surface area contributed by atoms with E-state index in [0.717, 1.165) is 5.56 Å². The highest BCUT2D eigenvalue weighted by molar-refractivity contribution is 7.90. The Hall–Kier alpha value is -3.37. The maximum atomic E-state index is 15.1. The summed E-state index contributed by atoms with van der Waals surface area (Å²) in [6.45, 7) is 0.0351. The number of halogens is 3. The summed E-state index contributed by atoms with van der Waals surface area (Å²) < 4.78 is 78.2. The molecule has 0 aromatic heterocycles. The van der Waals surface area contributed by atoms with Crippen molar-refractivity contribution in [3.05, 3.63) is 89.2 Å². The molecule has 0 unspecified atom stereocenters. The number of carbonyl (C=O) groups is 1. The molecule has 5 rings (SSSR count). The van der Waals surface area contributed by atoms with Crippen molar-refractivity contribution in [1.29, 1.82) is 0 Å². The van der Waals surface area contributed by atoms with Gasteiger partial charge in [-0.25, -0.2) is 26.3 Å². The second kappa shape index (κ2) is 10.7. The van der Waals surface area contributed by atoms with E-state index in [0.29, 0.717) is 25.3 Å². The number of primary amides is 1. The molecule has 0 heterocycles. The molecule has 3 aromatic carbocycles. The normalized spacial score (nSPS) is 21.2. The van der Waals surface area contributed by atoms with Crippen LogP contribution in [-0.2, 0) is 27.8 Å². The molecule has 2 atom stereocenters. The maximum absolute atomic E-state index is 15.1. The lowest BCUT2D eigenvalue weighted by atomic mass is 9.78. The summed E-state index contributed by atoms with van der Waals surface area (Å²) in [5.74, 6) is -3.36. The molecular formula is C29H29F3N2O4S. The minimum Gasteiger partial charge on any atom is -0.485 e. The second-order valence-electron chi connectivity index (χ2n) is 10.4. The molecule has 39 heavy (non-hydrogen) atoms. The van der Waals surface area contributed by atoms with Gasteiger partial charge in [-0.2, -0.15) is 0 Å². The van der Waals surface area contributed by atoms with Crippen LogP contribution in [-0.4, -0.2) is 25.6 Å². The topological polar surface area (TPSA) is 98.5 Å². The van der Waals surface area contributed by atoms with Gasteiger partial charge in [-0.05, 0) is 61.8 Å². The molecule has 206 valence electrons. The van der Waals surface area contributed by atoms with Gasteiger partial charge in [0.2, 0.25) is 15.9 Å². The van der Waals surface area contributed by atoms with Crippen LogP contribution in [0.2, 0.25) is 0 Å². The molecule has 0 radical (unpaired) electrons. The standard InChI is InChI=1S/C29H29F3N2O4S/c30-24-8-4-7-22(27(24)38-17-18-5-2-1-3-6-18)23-13-19(25(31)14-26(23)32)15-29(28(33)35)12-11-20(16-29)34-39(36,37)21-9-10-21/h1-8,13-14,20-21,34H,9-12,15-17H2,(H2,33,35)/t20-,29+/m0/s1. The van der Waals surface area contributed by atoms with Gasteiger partial charge in [0.1, 0.15) is 18.2 Å². The Morgan fingerprint density at radius 2 is 1.69 bits per heavy atom. The van der Waals surface area contributed by atoms with Crippen molar-refractivity contribution in [2.24, 2.45) is 11.1 Å². The van der Waals surface area contributed by atoms with Crippen LogP contribution in [0.15, 0.2) is 60.7 Å². The van der Waals surface area contributed by atoms with Gasteiger partial charge >= 0.3 is 0 Å². The number of amides is 1. The van der Waals surface area contributed by atoms with Crippen molar-refractivity contribution in [2.45, 2.75) is 56.4 Å². The molecule has 2 saturated carbocycles. The fraction of sp³-hybridized carbons (Fsp3) is 0.345. The van der Waals surface area contributed by atoms with Crippen LogP contribution >= 0.6 is 0 Å². The van der Waals surface area contributed by atoms with E-state index >= 15 is 8.78 Å². The van der Waals surface area contributed by atoms with Crippen molar-refractivity contribution >= 4 is 15.9 Å². The molecule has 0 saturated heterocycles. The number of hydrogen-bond acceptors (Lipinski definition) is 4. The summed E-state index contributed by atoms with van der Waals surface area (Å²) in [5, 5.41) is -0.414. The molecule has 2 aliphatic carbocycles. The number of nitrogens with one attached hydrogen (secondary N) is 1. The van der Waals surface area contributed by atoms with Gasteiger partial charge in [0.05, 0.1) is 10.7 Å². The molecule has 6 nitrogen and oxygen atoms in total. The van der Waals surface area contributed by atoms with Crippen molar-refractivity contribution in [3.8, 4) is 16.9 Å². The lowest BCUT2D eigenvalue weighted by Crippen LogP contribution is -2.41. The van der Waals surface area contributed by atoms with E-state index in [-0.39, 0.29) is 48.3 Å². The van der Waals surface area contributed by atoms with E-state index in [2.05, 4.69) is 4.72 Å². The molecular weight excluding hydrogens is 529 g/mol. The highest BCUT2D eigenvalue weighted by Crippen LogP contribution is 2.44. The largest absolute Gasteiger partial charge is 0.485 e. The molecule has 1 amide bonds. The number of hydrogen-bond donors (Lipinski definition) is 2. The molecule has 0 bridgehead atoms. The van der Waals surface area contributed by atoms with Crippen molar-refractivity contribution in [3.63, 3.8) is 0 Å². The summed E-state index contributed by atoms with van der Waals surface area (Å²) in [7, 11) is -3.49. The smallest absolute Gasteiger partial charge is 0.224 e. The Balaban J connectivity index is 1.43. The lowest BCUT2D eigenvalue weighted by molar-refractivity contribution is -0.127. The van der Waals surface area contributed by atoms with E-state index in [1.165, 1.54) is 24.3 Å². The third-order valence-corrected chi connectivity index (χ3v) is 9.58. The van der Waals surface area contributed by atoms with Crippen molar-refractivity contribution in [1.82, 2.24) is 4.72 Å². The number of ether oxygens (including phenoxy) is 1. The number of carbonyl (C=O) groups excluding carboxylic acids is 1. The molecule has 10 heteroatoms. The summed E-state index contributed by atoms with van der Waals surface area (Å²) in [6.07, 6.45) is 1.77. The fourth-order valence-electron chi connectivity index (χ4n) is 5.30. The highest BCUT2D eigenvalue weighted by atomic mass is 32.2.